The zero-order valence-corrected chi connectivity index (χ0v) is 18.4. The van der Waals surface area contributed by atoms with Crippen LogP contribution in [0.4, 0.5) is 0 Å². The van der Waals surface area contributed by atoms with Crippen LogP contribution in [0.15, 0.2) is 0 Å². The predicted molar refractivity (Wildman–Crippen MR) is 107 cm³/mol. The van der Waals surface area contributed by atoms with Crippen molar-refractivity contribution in [2.24, 2.45) is 11.8 Å². The normalized spacial score (nSPS) is 26.4. The number of rotatable bonds is 4. The second kappa shape index (κ2) is 11.8. The van der Waals surface area contributed by atoms with E-state index >= 15 is 0 Å². The minimum atomic E-state index is -0.909. The van der Waals surface area contributed by atoms with E-state index in [1.54, 1.807) is 0 Å². The molecule has 172 valence electrons. The standard InChI is InChI=1S/C12H21NO4.C8H13NO4/c1-12(2,3)17-11(15)9-7-8(5-6-13-9)10(14)16-4;1-13-8(12)5-2-3-9-6(4-5)7(10)11/h8-9,13H,5-7H2,1-4H3;5-6,9H,2-4H2,1H3,(H,10,11)/t8-,9-;/m0./s1. The Morgan fingerprint density at radius 3 is 1.63 bits per heavy atom. The topological polar surface area (TPSA) is 140 Å². The van der Waals surface area contributed by atoms with Crippen LogP contribution < -0.4 is 10.6 Å². The van der Waals surface area contributed by atoms with Crippen LogP contribution in [0, 0.1) is 11.8 Å². The van der Waals surface area contributed by atoms with E-state index in [0.29, 0.717) is 38.8 Å². The highest BCUT2D eigenvalue weighted by Crippen LogP contribution is 2.20. The summed E-state index contributed by atoms with van der Waals surface area (Å²) in [5.41, 5.74) is -0.503. The zero-order valence-electron chi connectivity index (χ0n) is 18.4. The Morgan fingerprint density at radius 1 is 0.800 bits per heavy atom. The Balaban J connectivity index is 0.000000311. The molecule has 0 aromatic heterocycles. The van der Waals surface area contributed by atoms with Crippen molar-refractivity contribution in [3.8, 4) is 0 Å². The highest BCUT2D eigenvalue weighted by Gasteiger charge is 2.34. The molecule has 10 nitrogen and oxygen atoms in total. The molecule has 0 aromatic carbocycles. The lowest BCUT2D eigenvalue weighted by Gasteiger charge is -2.30. The Bertz CT molecular complexity index is 616. The summed E-state index contributed by atoms with van der Waals surface area (Å²) >= 11 is 0. The number of piperidine rings is 2. The van der Waals surface area contributed by atoms with E-state index in [1.807, 2.05) is 20.8 Å². The highest BCUT2D eigenvalue weighted by atomic mass is 16.6. The summed E-state index contributed by atoms with van der Waals surface area (Å²) < 4.78 is 14.5. The van der Waals surface area contributed by atoms with Crippen LogP contribution in [0.3, 0.4) is 0 Å². The molecule has 0 aliphatic carbocycles. The quantitative estimate of drug-likeness (QED) is 0.426. The van der Waals surface area contributed by atoms with Gasteiger partial charge in [-0.25, -0.2) is 0 Å². The van der Waals surface area contributed by atoms with Crippen molar-refractivity contribution in [2.75, 3.05) is 27.3 Å². The number of ether oxygens (including phenoxy) is 3. The van der Waals surface area contributed by atoms with Gasteiger partial charge in [-0.05, 0) is 59.5 Å². The van der Waals surface area contributed by atoms with Gasteiger partial charge >= 0.3 is 23.9 Å². The molecule has 2 unspecified atom stereocenters. The van der Waals surface area contributed by atoms with Gasteiger partial charge < -0.3 is 30.0 Å². The van der Waals surface area contributed by atoms with E-state index in [1.165, 1.54) is 14.2 Å². The van der Waals surface area contributed by atoms with Crippen LogP contribution in [0.25, 0.3) is 0 Å². The summed E-state index contributed by atoms with van der Waals surface area (Å²) in [4.78, 5) is 44.9. The summed E-state index contributed by atoms with van der Waals surface area (Å²) in [5, 5.41) is 14.6. The third-order valence-corrected chi connectivity index (χ3v) is 4.87. The number of aliphatic carboxylic acids is 1. The first kappa shape index (κ1) is 25.8. The molecule has 0 bridgehead atoms. The molecule has 0 radical (unpaired) electrons. The first-order chi connectivity index (χ1) is 14.0. The molecule has 4 atom stereocenters. The van der Waals surface area contributed by atoms with Crippen molar-refractivity contribution in [3.63, 3.8) is 0 Å². The lowest BCUT2D eigenvalue weighted by atomic mass is 9.92. The Labute approximate surface area is 177 Å². The molecule has 2 heterocycles. The fourth-order valence-corrected chi connectivity index (χ4v) is 3.34. The maximum absolute atomic E-state index is 11.8. The van der Waals surface area contributed by atoms with Crippen molar-refractivity contribution in [2.45, 2.75) is 64.1 Å². The highest BCUT2D eigenvalue weighted by molar-refractivity contribution is 5.79. The smallest absolute Gasteiger partial charge is 0.323 e. The third-order valence-electron chi connectivity index (χ3n) is 4.87. The Morgan fingerprint density at radius 2 is 1.23 bits per heavy atom. The predicted octanol–water partition coefficient (Wildman–Crippen LogP) is 0.482. The zero-order chi connectivity index (χ0) is 22.9. The average Bonchev–Trinajstić information content (AvgIpc) is 2.72. The SMILES string of the molecule is COC(=O)C1CCNC(C(=O)O)C1.COC(=O)[C@H]1CCN[C@H](C(=O)OC(C)(C)C)C1. The maximum atomic E-state index is 11.8. The van der Waals surface area contributed by atoms with Gasteiger partial charge in [0.1, 0.15) is 17.7 Å². The van der Waals surface area contributed by atoms with Crippen LogP contribution >= 0.6 is 0 Å². The molecule has 0 amide bonds. The minimum Gasteiger partial charge on any atom is -0.480 e. The molecule has 2 rings (SSSR count). The lowest BCUT2D eigenvalue weighted by molar-refractivity contribution is -0.159. The van der Waals surface area contributed by atoms with Crippen molar-refractivity contribution < 1.29 is 38.5 Å². The van der Waals surface area contributed by atoms with E-state index in [-0.39, 0.29) is 29.7 Å². The Hall–Kier alpha value is -2.20. The number of carbonyl (C=O) groups is 4. The van der Waals surface area contributed by atoms with Crippen LogP contribution in [-0.2, 0) is 33.4 Å². The van der Waals surface area contributed by atoms with Crippen LogP contribution in [0.5, 0.6) is 0 Å². The van der Waals surface area contributed by atoms with E-state index in [9.17, 15) is 19.2 Å². The Kier molecular flexibility index (Phi) is 10.2. The van der Waals surface area contributed by atoms with E-state index < -0.39 is 23.7 Å². The van der Waals surface area contributed by atoms with E-state index in [4.69, 9.17) is 14.6 Å². The van der Waals surface area contributed by atoms with Gasteiger partial charge in [-0.15, -0.1) is 0 Å². The fourth-order valence-electron chi connectivity index (χ4n) is 3.34. The van der Waals surface area contributed by atoms with Crippen molar-refractivity contribution >= 4 is 23.9 Å². The van der Waals surface area contributed by atoms with Crippen molar-refractivity contribution in [1.82, 2.24) is 10.6 Å². The van der Waals surface area contributed by atoms with E-state index in [0.717, 1.165) is 0 Å². The summed E-state index contributed by atoms with van der Waals surface area (Å²) in [5.74, 6) is -2.25. The number of carbonyl (C=O) groups excluding carboxylic acids is 3. The molecule has 3 N–H and O–H groups in total. The van der Waals surface area contributed by atoms with Gasteiger partial charge in [0.2, 0.25) is 0 Å². The number of carboxylic acids is 1. The first-order valence-electron chi connectivity index (χ1n) is 10.1. The fraction of sp³-hybridized carbons (Fsp3) is 0.800. The molecule has 2 saturated heterocycles. The van der Waals surface area contributed by atoms with Gasteiger partial charge in [-0.2, -0.15) is 0 Å². The molecule has 2 fully saturated rings. The first-order valence-corrected chi connectivity index (χ1v) is 10.1. The average molecular weight is 430 g/mol. The van der Waals surface area contributed by atoms with Crippen LogP contribution in [0.1, 0.15) is 46.5 Å². The van der Waals surface area contributed by atoms with Gasteiger partial charge in [0.05, 0.1) is 26.1 Å². The third kappa shape index (κ3) is 8.66. The molecule has 30 heavy (non-hydrogen) atoms. The second-order valence-corrected chi connectivity index (χ2v) is 8.37. The van der Waals surface area contributed by atoms with Crippen LogP contribution in [0.2, 0.25) is 0 Å². The molecule has 0 aromatic rings. The number of methoxy groups -OCH3 is 2. The van der Waals surface area contributed by atoms with Crippen molar-refractivity contribution in [3.05, 3.63) is 0 Å². The molecule has 2 aliphatic rings. The van der Waals surface area contributed by atoms with Gasteiger partial charge in [0.15, 0.2) is 0 Å². The summed E-state index contributed by atoms with van der Waals surface area (Å²) in [7, 11) is 2.69. The molecule has 0 saturated carbocycles. The second-order valence-electron chi connectivity index (χ2n) is 8.37. The molecule has 10 heteroatoms. The van der Waals surface area contributed by atoms with Crippen LogP contribution in [-0.4, -0.2) is 74.0 Å². The summed E-state index contributed by atoms with van der Waals surface area (Å²) in [6.07, 6.45) is 2.12. The van der Waals surface area contributed by atoms with Gasteiger partial charge in [0.25, 0.3) is 0 Å². The number of hydrogen-bond donors (Lipinski definition) is 3. The summed E-state index contributed by atoms with van der Waals surface area (Å²) in [6, 6.07) is -1.02. The van der Waals surface area contributed by atoms with Gasteiger partial charge in [-0.3, -0.25) is 19.2 Å². The van der Waals surface area contributed by atoms with Gasteiger partial charge in [-0.1, -0.05) is 0 Å². The molecule has 2 aliphatic heterocycles. The molecule has 0 spiro atoms. The minimum absolute atomic E-state index is 0.209. The summed E-state index contributed by atoms with van der Waals surface area (Å²) in [6.45, 7) is 6.66. The molecular weight excluding hydrogens is 396 g/mol. The number of carboxylic acid groups (broad SMARTS) is 1. The maximum Gasteiger partial charge on any atom is 0.323 e. The van der Waals surface area contributed by atoms with E-state index in [2.05, 4.69) is 15.4 Å². The monoisotopic (exact) mass is 430 g/mol. The van der Waals surface area contributed by atoms with Gasteiger partial charge in [0, 0.05) is 0 Å². The molecular formula is C20H34N2O8. The largest absolute Gasteiger partial charge is 0.480 e. The number of esters is 3. The number of nitrogens with one attached hydrogen (secondary N) is 2. The number of hydrogen-bond acceptors (Lipinski definition) is 9. The lowest BCUT2D eigenvalue weighted by Crippen LogP contribution is -2.47. The van der Waals surface area contributed by atoms with Crippen molar-refractivity contribution in [1.29, 1.82) is 0 Å².